The number of rotatable bonds is 8. The summed E-state index contributed by atoms with van der Waals surface area (Å²) in [6.45, 7) is 0. The van der Waals surface area contributed by atoms with E-state index in [-0.39, 0.29) is 21.6 Å². The van der Waals surface area contributed by atoms with Crippen LogP contribution in [0.15, 0.2) is 95.9 Å². The summed E-state index contributed by atoms with van der Waals surface area (Å²) >= 11 is 0. The van der Waals surface area contributed by atoms with Crippen LogP contribution >= 0.6 is 0 Å². The number of ketones is 1. The normalized spacial score (nSPS) is 13.8. The van der Waals surface area contributed by atoms with Crippen molar-refractivity contribution < 1.29 is 13.2 Å². The average molecular weight is 427 g/mol. The highest BCUT2D eigenvalue weighted by molar-refractivity contribution is 7.97. The fourth-order valence-electron chi connectivity index (χ4n) is 3.20. The molecule has 0 bridgehead atoms. The van der Waals surface area contributed by atoms with Crippen LogP contribution in [0.2, 0.25) is 0 Å². The van der Waals surface area contributed by atoms with E-state index in [1.54, 1.807) is 42.5 Å². The van der Waals surface area contributed by atoms with Gasteiger partial charge in [-0.15, -0.1) is 0 Å². The molecule has 0 aliphatic heterocycles. The third kappa shape index (κ3) is 5.15. The van der Waals surface area contributed by atoms with E-state index in [2.05, 4.69) is 4.72 Å². The number of carbonyl (C=O) groups excluding carboxylic acids is 1. The first-order chi connectivity index (χ1) is 13.9. The number of Topliss-reactive ketones (excluding diaryl/α,β-unsaturated/α-hetero) is 1. The molecule has 0 radical (unpaired) electrons. The largest absolute Gasteiger partial charge is 0.288 e. The fraction of sp³-hybridized carbons (Fsp3) is 0.174. The van der Waals surface area contributed by atoms with Gasteiger partial charge in [-0.1, -0.05) is 78.9 Å². The summed E-state index contributed by atoms with van der Waals surface area (Å²) in [5, 5.41) is -0.529. The first kappa shape index (κ1) is 21.3. The molecule has 4 nitrogen and oxygen atoms in total. The molecular weight excluding hydrogens is 402 g/mol. The molecule has 0 fully saturated rings. The first-order valence-electron chi connectivity index (χ1n) is 9.18. The van der Waals surface area contributed by atoms with Gasteiger partial charge in [0.2, 0.25) is 15.8 Å². The summed E-state index contributed by atoms with van der Waals surface area (Å²) in [5.74, 6) is -0.0662. The Kier molecular flexibility index (Phi) is 6.90. The molecule has 0 spiro atoms. The van der Waals surface area contributed by atoms with E-state index < -0.39 is 21.3 Å². The smallest absolute Gasteiger partial charge is 0.241 e. The van der Waals surface area contributed by atoms with E-state index in [0.29, 0.717) is 5.56 Å². The third-order valence-corrected chi connectivity index (χ3v) is 7.58. The minimum absolute atomic E-state index is 0.0662. The van der Waals surface area contributed by atoms with Crippen LogP contribution in [0.1, 0.15) is 22.0 Å². The zero-order valence-electron chi connectivity index (χ0n) is 16.4. The molecule has 0 aliphatic rings. The second kappa shape index (κ2) is 9.39. The van der Waals surface area contributed by atoms with Crippen LogP contribution in [0.5, 0.6) is 0 Å². The standard InChI is InChI=1S/C23H24NO3S2/c1-28(2)23(22(25)19-14-8-4-9-15-19)21(18-12-6-3-7-13-18)24-29(26,27)20-16-10-5-11-17-20/h3-17,21,23-24H,1-2H3/q+1. The molecule has 150 valence electrons. The molecule has 3 aromatic carbocycles. The van der Waals surface area contributed by atoms with Gasteiger partial charge in [0.25, 0.3) is 0 Å². The molecule has 0 aromatic heterocycles. The summed E-state index contributed by atoms with van der Waals surface area (Å²) in [7, 11) is -4.18. The van der Waals surface area contributed by atoms with E-state index in [1.807, 2.05) is 61.0 Å². The first-order valence-corrected chi connectivity index (χ1v) is 12.8. The topological polar surface area (TPSA) is 63.2 Å². The molecule has 6 heteroatoms. The van der Waals surface area contributed by atoms with Crippen molar-refractivity contribution in [3.8, 4) is 0 Å². The third-order valence-electron chi connectivity index (χ3n) is 4.62. The number of benzene rings is 3. The molecule has 0 saturated carbocycles. The second-order valence-electron chi connectivity index (χ2n) is 6.85. The van der Waals surface area contributed by atoms with Crippen LogP contribution in [0.4, 0.5) is 0 Å². The summed E-state index contributed by atoms with van der Waals surface area (Å²) < 4.78 is 29.0. The lowest BCUT2D eigenvalue weighted by atomic mass is 9.98. The Morgan fingerprint density at radius 1 is 0.793 bits per heavy atom. The van der Waals surface area contributed by atoms with Gasteiger partial charge in [-0.25, -0.2) is 8.42 Å². The number of hydrogen-bond acceptors (Lipinski definition) is 3. The number of carbonyl (C=O) groups is 1. The quantitative estimate of drug-likeness (QED) is 0.440. The van der Waals surface area contributed by atoms with Crippen molar-refractivity contribution in [2.24, 2.45) is 0 Å². The van der Waals surface area contributed by atoms with Gasteiger partial charge in [0, 0.05) is 5.56 Å². The van der Waals surface area contributed by atoms with Crippen LogP contribution in [0.3, 0.4) is 0 Å². The molecule has 0 saturated heterocycles. The Labute approximate surface area is 175 Å². The number of sulfonamides is 1. The maximum Gasteiger partial charge on any atom is 0.241 e. The SMILES string of the molecule is C[S+](C)C(C(=O)c1ccccc1)C(NS(=O)(=O)c1ccccc1)c1ccccc1. The zero-order valence-corrected chi connectivity index (χ0v) is 18.0. The van der Waals surface area contributed by atoms with Crippen LogP contribution in [0.25, 0.3) is 0 Å². The van der Waals surface area contributed by atoms with Crippen molar-refractivity contribution in [2.75, 3.05) is 12.5 Å². The lowest BCUT2D eigenvalue weighted by Gasteiger charge is -2.25. The zero-order chi connectivity index (χ0) is 20.9. The molecule has 2 atom stereocenters. The summed E-state index contributed by atoms with van der Waals surface area (Å²) in [6, 6.07) is 25.9. The maximum absolute atomic E-state index is 13.4. The molecule has 0 aliphatic carbocycles. The van der Waals surface area contributed by atoms with Gasteiger partial charge in [-0.05, 0) is 28.6 Å². The summed E-state index contributed by atoms with van der Waals surface area (Å²) in [4.78, 5) is 13.6. The van der Waals surface area contributed by atoms with Crippen molar-refractivity contribution in [3.63, 3.8) is 0 Å². The lowest BCUT2D eigenvalue weighted by molar-refractivity contribution is 0.0978. The molecule has 2 unspecified atom stereocenters. The van der Waals surface area contributed by atoms with Crippen LogP contribution < -0.4 is 4.72 Å². The predicted molar refractivity (Wildman–Crippen MR) is 120 cm³/mol. The number of nitrogens with one attached hydrogen (secondary N) is 1. The van der Waals surface area contributed by atoms with E-state index in [1.165, 1.54) is 0 Å². The van der Waals surface area contributed by atoms with Gasteiger partial charge in [0.1, 0.15) is 6.04 Å². The minimum Gasteiger partial charge on any atom is -0.288 e. The lowest BCUT2D eigenvalue weighted by Crippen LogP contribution is -2.44. The molecule has 0 heterocycles. The van der Waals surface area contributed by atoms with Gasteiger partial charge < -0.3 is 0 Å². The molecule has 0 amide bonds. The molecular formula is C23H24NO3S2+. The molecule has 1 N–H and O–H groups in total. The summed E-state index contributed by atoms with van der Waals surface area (Å²) in [6.07, 6.45) is 3.94. The molecule has 3 aromatic rings. The minimum atomic E-state index is -3.80. The Balaban J connectivity index is 2.06. The summed E-state index contributed by atoms with van der Waals surface area (Å²) in [5.41, 5.74) is 1.35. The van der Waals surface area contributed by atoms with Crippen molar-refractivity contribution >= 4 is 26.7 Å². The van der Waals surface area contributed by atoms with Crippen molar-refractivity contribution in [2.45, 2.75) is 16.2 Å². The fourth-order valence-corrected chi connectivity index (χ4v) is 5.88. The van der Waals surface area contributed by atoms with Crippen LogP contribution in [0, 0.1) is 0 Å². The van der Waals surface area contributed by atoms with Gasteiger partial charge in [-0.3, -0.25) is 4.79 Å². The molecule has 3 rings (SSSR count). The van der Waals surface area contributed by atoms with E-state index in [0.717, 1.165) is 5.56 Å². The highest BCUT2D eigenvalue weighted by Crippen LogP contribution is 2.27. The number of hydrogen-bond donors (Lipinski definition) is 1. The van der Waals surface area contributed by atoms with Crippen molar-refractivity contribution in [1.82, 2.24) is 4.72 Å². The van der Waals surface area contributed by atoms with Gasteiger partial charge in [-0.2, -0.15) is 4.72 Å². The van der Waals surface area contributed by atoms with Gasteiger partial charge >= 0.3 is 0 Å². The van der Waals surface area contributed by atoms with Crippen LogP contribution in [-0.4, -0.2) is 32.0 Å². The average Bonchev–Trinajstić information content (AvgIpc) is 2.74. The van der Waals surface area contributed by atoms with E-state index in [4.69, 9.17) is 0 Å². The Bertz CT molecular complexity index is 1040. The van der Waals surface area contributed by atoms with Gasteiger partial charge in [0.05, 0.1) is 17.4 Å². The second-order valence-corrected chi connectivity index (χ2v) is 10.8. The predicted octanol–water partition coefficient (Wildman–Crippen LogP) is 3.84. The highest BCUT2D eigenvalue weighted by atomic mass is 32.2. The molecule has 29 heavy (non-hydrogen) atoms. The van der Waals surface area contributed by atoms with E-state index in [9.17, 15) is 13.2 Å². The highest BCUT2D eigenvalue weighted by Gasteiger charge is 2.41. The van der Waals surface area contributed by atoms with Crippen LogP contribution in [-0.2, 0) is 20.9 Å². The van der Waals surface area contributed by atoms with Gasteiger partial charge in [0.15, 0.2) is 5.25 Å². The van der Waals surface area contributed by atoms with Crippen molar-refractivity contribution in [1.29, 1.82) is 0 Å². The Morgan fingerprint density at radius 2 is 1.28 bits per heavy atom. The van der Waals surface area contributed by atoms with E-state index >= 15 is 0 Å². The maximum atomic E-state index is 13.4. The van der Waals surface area contributed by atoms with Crippen molar-refractivity contribution in [3.05, 3.63) is 102 Å². The Hall–Kier alpha value is -2.41. The Morgan fingerprint density at radius 3 is 1.79 bits per heavy atom. The monoisotopic (exact) mass is 426 g/mol.